The van der Waals surface area contributed by atoms with Crippen molar-refractivity contribution in [3.05, 3.63) is 22.3 Å². The Labute approximate surface area is 128 Å². The molecule has 2 atom stereocenters. The zero-order valence-corrected chi connectivity index (χ0v) is 13.1. The second kappa shape index (κ2) is 5.50. The summed E-state index contributed by atoms with van der Waals surface area (Å²) in [7, 11) is 0. The average Bonchev–Trinajstić information content (AvgIpc) is 2.71. The van der Waals surface area contributed by atoms with Gasteiger partial charge in [-0.15, -0.1) is 11.8 Å². The smallest absolute Gasteiger partial charge is 0.353 e. The van der Waals surface area contributed by atoms with Gasteiger partial charge in [-0.05, 0) is 32.9 Å². The van der Waals surface area contributed by atoms with Crippen molar-refractivity contribution in [1.29, 1.82) is 0 Å². The molecule has 5 nitrogen and oxygen atoms in total. The molecule has 0 aromatic carbocycles. The minimum absolute atomic E-state index is 0.0715. The molecule has 2 fully saturated rings. The lowest BCUT2D eigenvalue weighted by Crippen LogP contribution is -2.54. The number of β-lactam (4-membered cyclic amide) rings is 1. The fraction of sp³-hybridized carbons (Fsp3) is 0.600. The highest BCUT2D eigenvalue weighted by Gasteiger charge is 2.55. The maximum atomic E-state index is 12.1. The molecule has 114 valence electrons. The summed E-state index contributed by atoms with van der Waals surface area (Å²) < 4.78 is 0. The number of carboxylic acid groups (broad SMARTS) is 1. The first-order valence-electron chi connectivity index (χ1n) is 7.40. The first-order chi connectivity index (χ1) is 10.1. The average molecular weight is 308 g/mol. The van der Waals surface area contributed by atoms with Crippen molar-refractivity contribution in [3.8, 4) is 0 Å². The van der Waals surface area contributed by atoms with Crippen molar-refractivity contribution in [2.45, 2.75) is 38.0 Å². The summed E-state index contributed by atoms with van der Waals surface area (Å²) in [6.07, 6.45) is 3.91. The van der Waals surface area contributed by atoms with Gasteiger partial charge >= 0.3 is 5.97 Å². The molecule has 0 saturated carbocycles. The van der Waals surface area contributed by atoms with E-state index < -0.39 is 5.97 Å². The van der Waals surface area contributed by atoms with Crippen LogP contribution in [-0.4, -0.2) is 46.3 Å². The molecule has 3 aliphatic heterocycles. The van der Waals surface area contributed by atoms with E-state index in [2.05, 4.69) is 5.32 Å². The third-order valence-electron chi connectivity index (χ3n) is 4.52. The number of thioether (sulfide) groups is 1. The van der Waals surface area contributed by atoms with Crippen LogP contribution in [0.5, 0.6) is 0 Å². The van der Waals surface area contributed by atoms with Crippen molar-refractivity contribution in [1.82, 2.24) is 10.2 Å². The largest absolute Gasteiger partial charge is 0.477 e. The number of carboxylic acids is 1. The quantitative estimate of drug-likeness (QED) is 0.612. The van der Waals surface area contributed by atoms with Crippen LogP contribution in [0.15, 0.2) is 22.3 Å². The number of hydrogen-bond donors (Lipinski definition) is 2. The molecule has 0 spiro atoms. The second-order valence-corrected chi connectivity index (χ2v) is 7.08. The van der Waals surface area contributed by atoms with Gasteiger partial charge in [0.15, 0.2) is 0 Å². The maximum Gasteiger partial charge on any atom is 0.353 e. The van der Waals surface area contributed by atoms with Crippen molar-refractivity contribution in [2.24, 2.45) is 5.92 Å². The zero-order chi connectivity index (χ0) is 15.1. The molecule has 2 N–H and O–H groups in total. The van der Waals surface area contributed by atoms with Gasteiger partial charge in [-0.25, -0.2) is 4.79 Å². The minimum Gasteiger partial charge on any atom is -0.477 e. The normalized spacial score (nSPS) is 31.6. The van der Waals surface area contributed by atoms with Crippen LogP contribution in [0, 0.1) is 5.92 Å². The molecule has 0 aromatic heterocycles. The third kappa shape index (κ3) is 2.21. The van der Waals surface area contributed by atoms with E-state index in [9.17, 15) is 14.7 Å². The van der Waals surface area contributed by atoms with Gasteiger partial charge in [0.2, 0.25) is 0 Å². The molecule has 3 rings (SSSR count). The predicted octanol–water partition coefficient (Wildman–Crippen LogP) is 1.57. The van der Waals surface area contributed by atoms with E-state index in [1.165, 1.54) is 4.90 Å². The summed E-state index contributed by atoms with van der Waals surface area (Å²) in [6.45, 7) is 5.84. The Kier molecular flexibility index (Phi) is 3.84. The van der Waals surface area contributed by atoms with E-state index in [0.717, 1.165) is 36.4 Å². The number of hydrogen-bond acceptors (Lipinski definition) is 4. The molecular formula is C15H20N2O3S. The zero-order valence-electron chi connectivity index (χ0n) is 12.3. The van der Waals surface area contributed by atoms with Gasteiger partial charge in [0.05, 0.1) is 6.04 Å². The second-order valence-electron chi connectivity index (χ2n) is 5.74. The lowest BCUT2D eigenvalue weighted by molar-refractivity contribution is -0.142. The number of carbonyl (C=O) groups excluding carboxylic acids is 1. The van der Waals surface area contributed by atoms with Gasteiger partial charge in [0.1, 0.15) is 5.70 Å². The van der Waals surface area contributed by atoms with Crippen molar-refractivity contribution in [2.75, 3.05) is 13.1 Å². The molecule has 0 aromatic rings. The number of carbonyl (C=O) groups is 2. The maximum absolute atomic E-state index is 12.1. The number of rotatable bonds is 3. The lowest BCUT2D eigenvalue weighted by Gasteiger charge is -2.40. The fourth-order valence-corrected chi connectivity index (χ4v) is 4.91. The summed E-state index contributed by atoms with van der Waals surface area (Å²) in [6, 6.07) is -0.0715. The van der Waals surface area contributed by atoms with Crippen LogP contribution >= 0.6 is 11.8 Å². The molecular weight excluding hydrogens is 288 g/mol. The molecule has 0 unspecified atom stereocenters. The number of piperidine rings is 1. The van der Waals surface area contributed by atoms with Crippen LogP contribution in [0.2, 0.25) is 0 Å². The molecule has 21 heavy (non-hydrogen) atoms. The summed E-state index contributed by atoms with van der Waals surface area (Å²) in [5.74, 6) is -1.04. The van der Waals surface area contributed by atoms with Crippen LogP contribution in [-0.2, 0) is 9.59 Å². The Morgan fingerprint density at radius 3 is 2.67 bits per heavy atom. The van der Waals surface area contributed by atoms with Gasteiger partial charge in [0.25, 0.3) is 5.91 Å². The summed E-state index contributed by atoms with van der Waals surface area (Å²) in [4.78, 5) is 26.1. The van der Waals surface area contributed by atoms with E-state index >= 15 is 0 Å². The molecule has 3 aliphatic rings. The van der Waals surface area contributed by atoms with Crippen molar-refractivity contribution >= 4 is 23.6 Å². The number of aliphatic carboxylic acids is 1. The van der Waals surface area contributed by atoms with Gasteiger partial charge in [-0.1, -0.05) is 13.0 Å². The van der Waals surface area contributed by atoms with Crippen LogP contribution in [0.25, 0.3) is 0 Å². The number of nitrogens with zero attached hydrogens (tertiary/aromatic N) is 1. The summed E-state index contributed by atoms with van der Waals surface area (Å²) in [5.41, 5.74) is 0.966. The van der Waals surface area contributed by atoms with Crippen LogP contribution in [0.1, 0.15) is 26.7 Å². The number of nitrogens with one attached hydrogen (secondary N) is 1. The number of allylic oxidation sites excluding steroid dienone is 1. The molecule has 0 bridgehead atoms. The highest BCUT2D eigenvalue weighted by Crippen LogP contribution is 2.50. The van der Waals surface area contributed by atoms with E-state index in [-0.39, 0.29) is 23.6 Å². The van der Waals surface area contributed by atoms with Crippen LogP contribution in [0.4, 0.5) is 0 Å². The SMILES string of the molecule is C/C=C1/C(=O)N2C(C(=O)O)=C(SC3CCNCC3)[C@H](C)[C@@H]12. The highest BCUT2D eigenvalue weighted by molar-refractivity contribution is 8.03. The molecule has 1 amide bonds. The Balaban J connectivity index is 1.89. The minimum atomic E-state index is -0.982. The topological polar surface area (TPSA) is 69.6 Å². The van der Waals surface area contributed by atoms with Gasteiger partial charge in [0, 0.05) is 21.6 Å². The molecule has 6 heteroatoms. The highest BCUT2D eigenvalue weighted by atomic mass is 32.2. The first-order valence-corrected chi connectivity index (χ1v) is 8.28. The molecule has 3 heterocycles. The van der Waals surface area contributed by atoms with E-state index in [1.54, 1.807) is 11.8 Å². The van der Waals surface area contributed by atoms with E-state index in [0.29, 0.717) is 5.25 Å². The predicted molar refractivity (Wildman–Crippen MR) is 81.7 cm³/mol. The Morgan fingerprint density at radius 1 is 1.43 bits per heavy atom. The van der Waals surface area contributed by atoms with Gasteiger partial charge in [-0.2, -0.15) is 0 Å². The standard InChI is InChI=1S/C15H20N2O3S/c1-3-10-11-8(2)13(21-9-4-6-16-7-5-9)12(15(19)20)17(11)14(10)18/h3,8-9,11,16H,4-7H2,1-2H3,(H,19,20)/b10-3+/t8-,11+/m1/s1. The third-order valence-corrected chi connectivity index (χ3v) is 6.14. The Morgan fingerprint density at radius 2 is 2.10 bits per heavy atom. The Hall–Kier alpha value is -1.27. The van der Waals surface area contributed by atoms with E-state index in [4.69, 9.17) is 0 Å². The monoisotopic (exact) mass is 308 g/mol. The first kappa shape index (κ1) is 14.7. The summed E-state index contributed by atoms with van der Waals surface area (Å²) in [5, 5.41) is 13.3. The van der Waals surface area contributed by atoms with Crippen molar-refractivity contribution < 1.29 is 14.7 Å². The van der Waals surface area contributed by atoms with Gasteiger partial charge in [-0.3, -0.25) is 9.69 Å². The van der Waals surface area contributed by atoms with Crippen LogP contribution < -0.4 is 5.32 Å². The van der Waals surface area contributed by atoms with Crippen LogP contribution in [0.3, 0.4) is 0 Å². The fourth-order valence-electron chi connectivity index (χ4n) is 3.43. The molecule has 0 radical (unpaired) electrons. The molecule has 2 saturated heterocycles. The Bertz CT molecular complexity index is 549. The van der Waals surface area contributed by atoms with Crippen molar-refractivity contribution in [3.63, 3.8) is 0 Å². The molecule has 0 aliphatic carbocycles. The number of fused-ring (bicyclic) bond motifs is 1. The van der Waals surface area contributed by atoms with Gasteiger partial charge < -0.3 is 10.4 Å². The lowest BCUT2D eigenvalue weighted by atomic mass is 9.88. The summed E-state index contributed by atoms with van der Waals surface area (Å²) >= 11 is 1.67. The van der Waals surface area contributed by atoms with E-state index in [1.807, 2.05) is 19.9 Å². The number of amides is 1.